The number of hydrogen-bond donors (Lipinski definition) is 2. The molecule has 2 heterocycles. The number of thiophene rings is 1. The van der Waals surface area contributed by atoms with E-state index in [1.807, 2.05) is 11.8 Å². The molecule has 3 rings (SSSR count). The molecule has 0 spiro atoms. The molecule has 112 valence electrons. The van der Waals surface area contributed by atoms with Crippen LogP contribution in [-0.2, 0) is 18.6 Å². The fraction of sp³-hybridized carbons (Fsp3) is 0.333. The summed E-state index contributed by atoms with van der Waals surface area (Å²) in [5.41, 5.74) is 4.86. The monoisotopic (exact) mass is 342 g/mol. The van der Waals surface area contributed by atoms with Crippen LogP contribution in [0.25, 0.3) is 0 Å². The number of benzene rings is 1. The molecule has 2 aromatic rings. The Bertz CT molecular complexity index is 621. The summed E-state index contributed by atoms with van der Waals surface area (Å²) in [6.45, 7) is 0. The predicted octanol–water partition coefficient (Wildman–Crippen LogP) is 4.08. The van der Waals surface area contributed by atoms with Crippen molar-refractivity contribution in [2.45, 2.75) is 24.6 Å². The lowest BCUT2D eigenvalue weighted by molar-refractivity contribution is 0.535. The lowest BCUT2D eigenvalue weighted by Gasteiger charge is -2.15. The van der Waals surface area contributed by atoms with Crippen LogP contribution in [0.5, 0.6) is 0 Å². The molecule has 21 heavy (non-hydrogen) atoms. The van der Waals surface area contributed by atoms with Crippen molar-refractivity contribution in [3.8, 4) is 0 Å². The van der Waals surface area contributed by atoms with Crippen molar-refractivity contribution in [3.63, 3.8) is 0 Å². The van der Waals surface area contributed by atoms with E-state index < -0.39 is 0 Å². The molecule has 3 N–H and O–H groups in total. The molecule has 0 aliphatic carbocycles. The van der Waals surface area contributed by atoms with Crippen LogP contribution in [0.3, 0.4) is 0 Å². The maximum absolute atomic E-state index is 13.9. The molecule has 2 nitrogen and oxygen atoms in total. The average molecular weight is 343 g/mol. The van der Waals surface area contributed by atoms with Crippen molar-refractivity contribution < 1.29 is 4.39 Å². The Morgan fingerprint density at radius 1 is 1.38 bits per heavy atom. The second kappa shape index (κ2) is 6.67. The van der Waals surface area contributed by atoms with E-state index >= 15 is 0 Å². The third kappa shape index (κ3) is 3.43. The normalized spacial score (nSPS) is 15.8. The quantitative estimate of drug-likeness (QED) is 0.649. The highest BCUT2D eigenvalue weighted by Gasteiger charge is 2.20. The maximum Gasteiger partial charge on any atom is 0.127 e. The highest BCUT2D eigenvalue weighted by Crippen LogP contribution is 2.35. The van der Waals surface area contributed by atoms with E-state index in [1.165, 1.54) is 27.1 Å². The highest BCUT2D eigenvalue weighted by molar-refractivity contribution is 7.98. The van der Waals surface area contributed by atoms with Gasteiger partial charge in [0, 0.05) is 20.5 Å². The van der Waals surface area contributed by atoms with Gasteiger partial charge in [-0.3, -0.25) is 11.3 Å². The van der Waals surface area contributed by atoms with Crippen LogP contribution in [0.1, 0.15) is 26.9 Å². The SMILES string of the molecule is NNC(Cc1ccc(Cl)cc1F)c1cc2c(s1)CCSC2. The van der Waals surface area contributed by atoms with Gasteiger partial charge < -0.3 is 0 Å². The average Bonchev–Trinajstić information content (AvgIpc) is 2.90. The number of halogens is 2. The van der Waals surface area contributed by atoms with Crippen molar-refractivity contribution in [2.75, 3.05) is 5.75 Å². The van der Waals surface area contributed by atoms with Crippen molar-refractivity contribution in [1.29, 1.82) is 0 Å². The Hall–Kier alpha value is -0.590. The molecule has 0 amide bonds. The van der Waals surface area contributed by atoms with Crippen LogP contribution < -0.4 is 11.3 Å². The maximum atomic E-state index is 13.9. The second-order valence-electron chi connectivity index (χ2n) is 5.06. The molecule has 1 atom stereocenters. The first-order valence-corrected chi connectivity index (χ1v) is 9.11. The van der Waals surface area contributed by atoms with E-state index in [0.717, 1.165) is 12.2 Å². The molecule has 0 radical (unpaired) electrons. The van der Waals surface area contributed by atoms with E-state index in [0.29, 0.717) is 17.0 Å². The topological polar surface area (TPSA) is 38.0 Å². The fourth-order valence-corrected chi connectivity index (χ4v) is 5.09. The number of nitrogens with two attached hydrogens (primary N) is 1. The number of thioether (sulfide) groups is 1. The summed E-state index contributed by atoms with van der Waals surface area (Å²) < 4.78 is 13.9. The number of fused-ring (bicyclic) bond motifs is 1. The Balaban J connectivity index is 1.83. The van der Waals surface area contributed by atoms with E-state index in [9.17, 15) is 4.39 Å². The summed E-state index contributed by atoms with van der Waals surface area (Å²) >= 11 is 9.54. The minimum atomic E-state index is -0.278. The summed E-state index contributed by atoms with van der Waals surface area (Å²) in [6.07, 6.45) is 1.64. The number of rotatable bonds is 4. The molecular formula is C15H16ClFN2S2. The number of hydrogen-bond acceptors (Lipinski definition) is 4. The van der Waals surface area contributed by atoms with Crippen molar-refractivity contribution in [3.05, 3.63) is 56.0 Å². The van der Waals surface area contributed by atoms with E-state index in [4.69, 9.17) is 17.4 Å². The van der Waals surface area contributed by atoms with Crippen LogP contribution in [0.4, 0.5) is 4.39 Å². The Kier molecular flexibility index (Phi) is 4.86. The minimum absolute atomic E-state index is 0.0683. The van der Waals surface area contributed by atoms with Gasteiger partial charge in [-0.15, -0.1) is 11.3 Å². The first-order chi connectivity index (χ1) is 10.2. The van der Waals surface area contributed by atoms with E-state index in [1.54, 1.807) is 23.5 Å². The first kappa shape index (κ1) is 15.3. The van der Waals surface area contributed by atoms with Crippen LogP contribution in [-0.4, -0.2) is 5.75 Å². The fourth-order valence-electron chi connectivity index (χ4n) is 2.49. The molecule has 0 saturated carbocycles. The molecule has 1 unspecified atom stereocenters. The Labute approximate surface area is 136 Å². The molecule has 1 aromatic carbocycles. The molecule has 0 bridgehead atoms. The van der Waals surface area contributed by atoms with Gasteiger partial charge in [-0.1, -0.05) is 17.7 Å². The molecule has 1 aliphatic rings. The number of nitrogens with one attached hydrogen (secondary N) is 1. The molecule has 0 fully saturated rings. The molecule has 1 aliphatic heterocycles. The largest absolute Gasteiger partial charge is 0.271 e. The van der Waals surface area contributed by atoms with Crippen molar-refractivity contribution in [1.82, 2.24) is 5.43 Å². The van der Waals surface area contributed by atoms with Gasteiger partial charge in [-0.05, 0) is 47.9 Å². The molecule has 0 saturated heterocycles. The lowest BCUT2D eigenvalue weighted by Crippen LogP contribution is -2.29. The summed E-state index contributed by atoms with van der Waals surface area (Å²) in [6, 6.07) is 6.93. The first-order valence-electron chi connectivity index (χ1n) is 6.76. The summed E-state index contributed by atoms with van der Waals surface area (Å²) in [4.78, 5) is 2.62. The Morgan fingerprint density at radius 2 is 2.24 bits per heavy atom. The van der Waals surface area contributed by atoms with Crippen LogP contribution in [0.15, 0.2) is 24.3 Å². The number of aryl methyl sites for hydroxylation is 1. The van der Waals surface area contributed by atoms with Crippen LogP contribution in [0.2, 0.25) is 5.02 Å². The van der Waals surface area contributed by atoms with Crippen molar-refractivity contribution in [2.24, 2.45) is 5.84 Å². The minimum Gasteiger partial charge on any atom is -0.271 e. The zero-order chi connectivity index (χ0) is 14.8. The second-order valence-corrected chi connectivity index (χ2v) is 7.77. The summed E-state index contributed by atoms with van der Waals surface area (Å²) in [5.74, 6) is 7.66. The Morgan fingerprint density at radius 3 is 2.95 bits per heavy atom. The zero-order valence-electron chi connectivity index (χ0n) is 11.4. The van der Waals surface area contributed by atoms with Gasteiger partial charge >= 0.3 is 0 Å². The van der Waals surface area contributed by atoms with Gasteiger partial charge in [0.05, 0.1) is 6.04 Å². The molecule has 6 heteroatoms. The standard InChI is InChI=1S/C15H16ClFN2S2/c16-11-2-1-9(12(17)7-11)5-13(19-18)15-6-10-8-20-4-3-14(10)21-15/h1-2,6-7,13,19H,3-5,8,18H2. The van der Waals surface area contributed by atoms with Gasteiger partial charge in [-0.2, -0.15) is 11.8 Å². The highest BCUT2D eigenvalue weighted by atomic mass is 35.5. The van der Waals surface area contributed by atoms with Gasteiger partial charge in [0.15, 0.2) is 0 Å². The van der Waals surface area contributed by atoms with Gasteiger partial charge in [0.25, 0.3) is 0 Å². The molecule has 1 aromatic heterocycles. The van der Waals surface area contributed by atoms with Gasteiger partial charge in [0.2, 0.25) is 0 Å². The van der Waals surface area contributed by atoms with Crippen molar-refractivity contribution >= 4 is 34.7 Å². The van der Waals surface area contributed by atoms with Crippen LogP contribution >= 0.6 is 34.7 Å². The lowest BCUT2D eigenvalue weighted by atomic mass is 10.0. The zero-order valence-corrected chi connectivity index (χ0v) is 13.8. The molecular weight excluding hydrogens is 327 g/mol. The third-order valence-electron chi connectivity index (χ3n) is 3.63. The van der Waals surface area contributed by atoms with E-state index in [2.05, 4.69) is 11.5 Å². The summed E-state index contributed by atoms with van der Waals surface area (Å²) in [5, 5.41) is 0.414. The number of hydrazine groups is 1. The summed E-state index contributed by atoms with van der Waals surface area (Å²) in [7, 11) is 0. The van der Waals surface area contributed by atoms with Crippen LogP contribution in [0, 0.1) is 5.82 Å². The van der Waals surface area contributed by atoms with E-state index in [-0.39, 0.29) is 11.9 Å². The third-order valence-corrected chi connectivity index (χ3v) is 6.22. The van der Waals surface area contributed by atoms with Gasteiger partial charge in [-0.25, -0.2) is 4.39 Å². The predicted molar refractivity (Wildman–Crippen MR) is 89.4 cm³/mol. The smallest absolute Gasteiger partial charge is 0.127 e. The van der Waals surface area contributed by atoms with Gasteiger partial charge in [0.1, 0.15) is 5.82 Å².